The monoisotopic (exact) mass is 447 g/mol. The van der Waals surface area contributed by atoms with Crippen molar-refractivity contribution in [3.8, 4) is 0 Å². The fourth-order valence-electron chi connectivity index (χ4n) is 4.25. The highest BCUT2D eigenvalue weighted by Gasteiger charge is 2.25. The SMILES string of the molecule is CCc1nc(C)nc(N2CCN(C(=O)Nc3ccccc3C)CC2)c1Cc1cccc(F)c1. The lowest BCUT2D eigenvalue weighted by Gasteiger charge is -2.36. The zero-order valence-electron chi connectivity index (χ0n) is 19.4. The molecule has 172 valence electrons. The van der Waals surface area contributed by atoms with Gasteiger partial charge in [-0.3, -0.25) is 0 Å². The van der Waals surface area contributed by atoms with Crippen molar-refractivity contribution in [2.45, 2.75) is 33.6 Å². The van der Waals surface area contributed by atoms with Gasteiger partial charge < -0.3 is 15.1 Å². The molecule has 1 fully saturated rings. The Bertz CT molecular complexity index is 1140. The van der Waals surface area contributed by atoms with Gasteiger partial charge >= 0.3 is 6.03 Å². The molecule has 0 spiro atoms. The second kappa shape index (κ2) is 9.98. The van der Waals surface area contributed by atoms with E-state index < -0.39 is 0 Å². The van der Waals surface area contributed by atoms with E-state index in [0.29, 0.717) is 32.6 Å². The molecule has 1 saturated heterocycles. The predicted octanol–water partition coefficient (Wildman–Crippen LogP) is 4.74. The lowest BCUT2D eigenvalue weighted by molar-refractivity contribution is 0.208. The Kier molecular flexibility index (Phi) is 6.87. The van der Waals surface area contributed by atoms with Crippen LogP contribution >= 0.6 is 0 Å². The summed E-state index contributed by atoms with van der Waals surface area (Å²) >= 11 is 0. The minimum atomic E-state index is -0.242. The molecule has 0 radical (unpaired) electrons. The molecule has 0 aliphatic carbocycles. The molecule has 0 atom stereocenters. The van der Waals surface area contributed by atoms with Crippen molar-refractivity contribution < 1.29 is 9.18 Å². The standard InChI is InChI=1S/C26H30FN5O/c1-4-23-22(17-20-9-7-10-21(27)16-20)25(29-19(3)28-23)31-12-14-32(15-13-31)26(33)30-24-11-6-5-8-18(24)2/h5-11,16H,4,12-15,17H2,1-3H3,(H,30,33). The summed E-state index contributed by atoms with van der Waals surface area (Å²) in [7, 11) is 0. The highest BCUT2D eigenvalue weighted by Crippen LogP contribution is 2.26. The molecule has 1 aliphatic heterocycles. The van der Waals surface area contributed by atoms with Crippen molar-refractivity contribution in [2.75, 3.05) is 36.4 Å². The summed E-state index contributed by atoms with van der Waals surface area (Å²) in [6, 6.07) is 14.4. The fourth-order valence-corrected chi connectivity index (χ4v) is 4.25. The van der Waals surface area contributed by atoms with E-state index in [2.05, 4.69) is 22.1 Å². The van der Waals surface area contributed by atoms with Crippen LogP contribution < -0.4 is 10.2 Å². The van der Waals surface area contributed by atoms with E-state index in [4.69, 9.17) is 4.98 Å². The maximum absolute atomic E-state index is 13.8. The lowest BCUT2D eigenvalue weighted by Crippen LogP contribution is -2.50. The maximum Gasteiger partial charge on any atom is 0.321 e. The second-order valence-corrected chi connectivity index (χ2v) is 8.40. The molecule has 1 aromatic heterocycles. The smallest absolute Gasteiger partial charge is 0.321 e. The number of hydrogen-bond acceptors (Lipinski definition) is 4. The summed E-state index contributed by atoms with van der Waals surface area (Å²) in [5, 5.41) is 3.02. The third-order valence-electron chi connectivity index (χ3n) is 6.04. The van der Waals surface area contributed by atoms with Gasteiger partial charge in [0, 0.05) is 49.5 Å². The van der Waals surface area contributed by atoms with Crippen molar-refractivity contribution in [3.63, 3.8) is 0 Å². The first-order valence-corrected chi connectivity index (χ1v) is 11.4. The molecule has 3 aromatic rings. The van der Waals surface area contributed by atoms with Gasteiger partial charge in [-0.2, -0.15) is 0 Å². The van der Waals surface area contributed by atoms with Crippen molar-refractivity contribution in [1.82, 2.24) is 14.9 Å². The topological polar surface area (TPSA) is 61.4 Å². The number of halogens is 1. The number of rotatable bonds is 5. The van der Waals surface area contributed by atoms with E-state index in [9.17, 15) is 9.18 Å². The molecule has 6 nitrogen and oxygen atoms in total. The fraction of sp³-hybridized carbons (Fsp3) is 0.346. The molecule has 1 aliphatic rings. The zero-order valence-corrected chi connectivity index (χ0v) is 19.4. The van der Waals surface area contributed by atoms with Crippen LogP contribution in [0.25, 0.3) is 0 Å². The van der Waals surface area contributed by atoms with Gasteiger partial charge in [0.25, 0.3) is 0 Å². The van der Waals surface area contributed by atoms with E-state index >= 15 is 0 Å². The number of urea groups is 1. The van der Waals surface area contributed by atoms with E-state index in [-0.39, 0.29) is 11.8 Å². The van der Waals surface area contributed by atoms with Crippen LogP contribution in [-0.4, -0.2) is 47.1 Å². The molecule has 2 aromatic carbocycles. The van der Waals surface area contributed by atoms with Crippen LogP contribution in [0.1, 0.15) is 35.1 Å². The summed E-state index contributed by atoms with van der Waals surface area (Å²) < 4.78 is 13.8. The van der Waals surface area contributed by atoms with Crippen LogP contribution in [0.15, 0.2) is 48.5 Å². The van der Waals surface area contributed by atoms with Crippen molar-refractivity contribution in [3.05, 3.63) is 82.6 Å². The number of piperazine rings is 1. The van der Waals surface area contributed by atoms with Gasteiger partial charge in [0.05, 0.1) is 0 Å². The van der Waals surface area contributed by atoms with Crippen molar-refractivity contribution in [1.29, 1.82) is 0 Å². The van der Waals surface area contributed by atoms with Gasteiger partial charge in [-0.05, 0) is 49.6 Å². The zero-order chi connectivity index (χ0) is 23.4. The quantitative estimate of drug-likeness (QED) is 0.614. The Balaban J connectivity index is 1.51. The van der Waals surface area contributed by atoms with Crippen molar-refractivity contribution in [2.24, 2.45) is 0 Å². The average molecular weight is 448 g/mol. The lowest BCUT2D eigenvalue weighted by atomic mass is 10.0. The van der Waals surface area contributed by atoms with Crippen LogP contribution in [0, 0.1) is 19.7 Å². The van der Waals surface area contributed by atoms with E-state index in [0.717, 1.165) is 46.1 Å². The number of benzene rings is 2. The number of carbonyl (C=O) groups excluding carboxylic acids is 1. The van der Waals surface area contributed by atoms with E-state index in [1.54, 1.807) is 12.1 Å². The molecular formula is C26H30FN5O. The Labute approximate surface area is 194 Å². The molecule has 0 unspecified atom stereocenters. The molecular weight excluding hydrogens is 417 g/mol. The predicted molar refractivity (Wildman–Crippen MR) is 129 cm³/mol. The summed E-state index contributed by atoms with van der Waals surface area (Å²) in [5.41, 5.74) is 4.79. The molecule has 2 heterocycles. The van der Waals surface area contributed by atoms with Crippen LogP contribution in [0.5, 0.6) is 0 Å². The van der Waals surface area contributed by atoms with Crippen molar-refractivity contribution >= 4 is 17.5 Å². The highest BCUT2D eigenvalue weighted by atomic mass is 19.1. The number of amides is 2. The number of nitrogens with one attached hydrogen (secondary N) is 1. The molecule has 0 saturated carbocycles. The van der Waals surface area contributed by atoms with Gasteiger partial charge in [0.1, 0.15) is 17.5 Å². The Hall–Kier alpha value is -3.48. The van der Waals surface area contributed by atoms with Gasteiger partial charge in [-0.15, -0.1) is 0 Å². The Morgan fingerprint density at radius 1 is 1.03 bits per heavy atom. The molecule has 0 bridgehead atoms. The average Bonchev–Trinajstić information content (AvgIpc) is 2.81. The Morgan fingerprint density at radius 2 is 1.79 bits per heavy atom. The van der Waals surface area contributed by atoms with Crippen LogP contribution in [0.4, 0.5) is 20.7 Å². The second-order valence-electron chi connectivity index (χ2n) is 8.40. The van der Waals surface area contributed by atoms with Gasteiger partial charge in [-0.1, -0.05) is 37.3 Å². The number of aromatic nitrogens is 2. The first-order valence-electron chi connectivity index (χ1n) is 11.4. The minimum Gasteiger partial charge on any atom is -0.353 e. The number of para-hydroxylation sites is 1. The van der Waals surface area contributed by atoms with E-state index in [1.807, 2.05) is 49.1 Å². The summed E-state index contributed by atoms with van der Waals surface area (Å²) in [5.74, 6) is 1.38. The van der Waals surface area contributed by atoms with Gasteiger partial charge in [-0.25, -0.2) is 19.2 Å². The van der Waals surface area contributed by atoms with Crippen LogP contribution in [0.2, 0.25) is 0 Å². The van der Waals surface area contributed by atoms with Gasteiger partial charge in [0.15, 0.2) is 0 Å². The number of anilines is 2. The molecule has 4 rings (SSSR count). The first kappa shape index (κ1) is 22.7. The molecule has 33 heavy (non-hydrogen) atoms. The third-order valence-corrected chi connectivity index (χ3v) is 6.04. The summed E-state index contributed by atoms with van der Waals surface area (Å²) in [6.45, 7) is 8.52. The van der Waals surface area contributed by atoms with Gasteiger partial charge in [0.2, 0.25) is 0 Å². The molecule has 7 heteroatoms. The number of hydrogen-bond donors (Lipinski definition) is 1. The number of aryl methyl sites for hydroxylation is 3. The number of carbonyl (C=O) groups is 1. The van der Waals surface area contributed by atoms with Crippen LogP contribution in [-0.2, 0) is 12.8 Å². The first-order chi connectivity index (χ1) is 15.9. The highest BCUT2D eigenvalue weighted by molar-refractivity contribution is 5.90. The number of nitrogens with zero attached hydrogens (tertiary/aromatic N) is 4. The molecule has 1 N–H and O–H groups in total. The van der Waals surface area contributed by atoms with Crippen LogP contribution in [0.3, 0.4) is 0 Å². The minimum absolute atomic E-state index is 0.0861. The van der Waals surface area contributed by atoms with E-state index in [1.165, 1.54) is 6.07 Å². The largest absolute Gasteiger partial charge is 0.353 e. The Morgan fingerprint density at radius 3 is 2.48 bits per heavy atom. The third kappa shape index (κ3) is 5.30. The summed E-state index contributed by atoms with van der Waals surface area (Å²) in [6.07, 6.45) is 1.35. The normalized spacial score (nSPS) is 13.8. The summed E-state index contributed by atoms with van der Waals surface area (Å²) in [4.78, 5) is 26.3. The molecule has 2 amide bonds. The maximum atomic E-state index is 13.8.